The van der Waals surface area contributed by atoms with Gasteiger partial charge in [-0.1, -0.05) is 17.7 Å². The van der Waals surface area contributed by atoms with Gasteiger partial charge in [0.25, 0.3) is 0 Å². The smallest absolute Gasteiger partial charge is 0.240 e. The molecule has 8 heteroatoms. The molecule has 0 bridgehead atoms. The van der Waals surface area contributed by atoms with Gasteiger partial charge in [-0.05, 0) is 43.4 Å². The van der Waals surface area contributed by atoms with E-state index in [0.717, 1.165) is 31.7 Å². The molecule has 0 unspecified atom stereocenters. The summed E-state index contributed by atoms with van der Waals surface area (Å²) in [5.74, 6) is 1.18. The minimum Gasteiger partial charge on any atom is -0.355 e. The summed E-state index contributed by atoms with van der Waals surface area (Å²) in [7, 11) is -3.55. The van der Waals surface area contributed by atoms with Crippen LogP contribution in [0.15, 0.2) is 41.7 Å². The Morgan fingerprint density at radius 2 is 2.04 bits per heavy atom. The van der Waals surface area contributed by atoms with Crippen LogP contribution in [0.4, 0.5) is 5.82 Å². The van der Waals surface area contributed by atoms with Crippen LogP contribution in [0.25, 0.3) is 0 Å². The van der Waals surface area contributed by atoms with E-state index in [0.29, 0.717) is 23.0 Å². The molecule has 0 amide bonds. The molecule has 2 heterocycles. The molecule has 1 saturated heterocycles. The Morgan fingerprint density at radius 3 is 2.72 bits per heavy atom. The van der Waals surface area contributed by atoms with E-state index in [1.807, 2.05) is 0 Å². The lowest BCUT2D eigenvalue weighted by molar-refractivity contribution is 0.400. The summed E-state index contributed by atoms with van der Waals surface area (Å²) >= 11 is 6.03. The summed E-state index contributed by atoms with van der Waals surface area (Å²) in [6, 6.07) is 4.93. The van der Waals surface area contributed by atoms with Gasteiger partial charge in [0, 0.05) is 37.1 Å². The second-order valence-corrected chi connectivity index (χ2v) is 8.35. The van der Waals surface area contributed by atoms with Crippen LogP contribution in [-0.2, 0) is 10.0 Å². The normalized spacial score (nSPS) is 16.2. The first-order valence-corrected chi connectivity index (χ1v) is 10.1. The summed E-state index contributed by atoms with van der Waals surface area (Å²) in [5.41, 5.74) is 0.578. The zero-order valence-corrected chi connectivity index (χ0v) is 15.6. The fourth-order valence-corrected chi connectivity index (χ4v) is 4.62. The van der Waals surface area contributed by atoms with Crippen LogP contribution in [0, 0.1) is 12.8 Å². The third-order valence-corrected chi connectivity index (χ3v) is 6.54. The molecule has 0 aliphatic carbocycles. The van der Waals surface area contributed by atoms with Crippen molar-refractivity contribution >= 4 is 27.4 Å². The van der Waals surface area contributed by atoms with Gasteiger partial charge in [0.05, 0.1) is 11.1 Å². The summed E-state index contributed by atoms with van der Waals surface area (Å²) in [6.45, 7) is 3.85. The van der Waals surface area contributed by atoms with Crippen LogP contribution in [0.3, 0.4) is 0 Å². The van der Waals surface area contributed by atoms with Gasteiger partial charge in [0.15, 0.2) is 0 Å². The standard InChI is InChI=1S/C17H21ClN4O2S/c1-13-15(18)3-2-4-16(13)25(23,24)21-11-14-5-9-22(10-6-14)17-12-19-7-8-20-17/h2-4,7-8,12,14,21H,5-6,9-11H2,1H3. The lowest BCUT2D eigenvalue weighted by Crippen LogP contribution is -2.39. The van der Waals surface area contributed by atoms with E-state index in [1.54, 1.807) is 43.7 Å². The average molecular weight is 381 g/mol. The number of hydrogen-bond acceptors (Lipinski definition) is 5. The number of piperidine rings is 1. The van der Waals surface area contributed by atoms with Crippen LogP contribution in [0.5, 0.6) is 0 Å². The average Bonchev–Trinajstić information content (AvgIpc) is 2.63. The molecule has 1 aromatic heterocycles. The highest BCUT2D eigenvalue weighted by Crippen LogP contribution is 2.24. The number of rotatable bonds is 5. The quantitative estimate of drug-likeness (QED) is 0.863. The predicted molar refractivity (Wildman–Crippen MR) is 98.3 cm³/mol. The van der Waals surface area contributed by atoms with E-state index >= 15 is 0 Å². The maximum absolute atomic E-state index is 12.5. The van der Waals surface area contributed by atoms with Crippen molar-refractivity contribution in [3.63, 3.8) is 0 Å². The first kappa shape index (κ1) is 18.1. The Balaban J connectivity index is 1.57. The lowest BCUT2D eigenvalue weighted by Gasteiger charge is -2.32. The van der Waals surface area contributed by atoms with Gasteiger partial charge < -0.3 is 4.90 Å². The molecule has 0 saturated carbocycles. The van der Waals surface area contributed by atoms with E-state index < -0.39 is 10.0 Å². The van der Waals surface area contributed by atoms with Crippen LogP contribution >= 0.6 is 11.6 Å². The second kappa shape index (κ2) is 7.68. The molecule has 3 rings (SSSR count). The number of sulfonamides is 1. The Bertz CT molecular complexity index is 822. The van der Waals surface area contributed by atoms with E-state index in [4.69, 9.17) is 11.6 Å². The van der Waals surface area contributed by atoms with Gasteiger partial charge in [-0.25, -0.2) is 18.1 Å². The van der Waals surface area contributed by atoms with Gasteiger partial charge in [0.1, 0.15) is 5.82 Å². The summed E-state index contributed by atoms with van der Waals surface area (Å²) < 4.78 is 27.8. The molecular formula is C17H21ClN4O2S. The molecule has 1 aliphatic rings. The van der Waals surface area contributed by atoms with Crippen molar-refractivity contribution in [3.05, 3.63) is 47.4 Å². The maximum atomic E-state index is 12.5. The largest absolute Gasteiger partial charge is 0.355 e. The van der Waals surface area contributed by atoms with Gasteiger partial charge in [0.2, 0.25) is 10.0 Å². The SMILES string of the molecule is Cc1c(Cl)cccc1S(=O)(=O)NCC1CCN(c2cnccn2)CC1. The van der Waals surface area contributed by atoms with Crippen molar-refractivity contribution in [2.45, 2.75) is 24.7 Å². The van der Waals surface area contributed by atoms with Crippen molar-refractivity contribution in [2.75, 3.05) is 24.5 Å². The minimum absolute atomic E-state index is 0.247. The first-order valence-electron chi connectivity index (χ1n) is 8.23. The molecule has 134 valence electrons. The monoisotopic (exact) mass is 380 g/mol. The van der Waals surface area contributed by atoms with Crippen LogP contribution in [-0.4, -0.2) is 38.0 Å². The maximum Gasteiger partial charge on any atom is 0.240 e. The number of nitrogens with one attached hydrogen (secondary N) is 1. The van der Waals surface area contributed by atoms with E-state index in [1.165, 1.54) is 0 Å². The molecule has 2 aromatic rings. The summed E-state index contributed by atoms with van der Waals surface area (Å²) in [5, 5.41) is 0.458. The highest BCUT2D eigenvalue weighted by atomic mass is 35.5. The highest BCUT2D eigenvalue weighted by Gasteiger charge is 2.23. The van der Waals surface area contributed by atoms with Gasteiger partial charge in [-0.3, -0.25) is 4.98 Å². The van der Waals surface area contributed by atoms with Gasteiger partial charge in [-0.2, -0.15) is 0 Å². The predicted octanol–water partition coefficient (Wildman–Crippen LogP) is 2.63. The molecule has 25 heavy (non-hydrogen) atoms. The molecule has 0 atom stereocenters. The van der Waals surface area contributed by atoms with E-state index in [2.05, 4.69) is 19.6 Å². The zero-order chi connectivity index (χ0) is 17.9. The molecule has 1 aliphatic heterocycles. The van der Waals surface area contributed by atoms with Crippen molar-refractivity contribution in [1.29, 1.82) is 0 Å². The third kappa shape index (κ3) is 4.29. The van der Waals surface area contributed by atoms with Crippen molar-refractivity contribution in [2.24, 2.45) is 5.92 Å². The minimum atomic E-state index is -3.55. The van der Waals surface area contributed by atoms with Gasteiger partial charge >= 0.3 is 0 Å². The molecular weight excluding hydrogens is 360 g/mol. The Morgan fingerprint density at radius 1 is 1.28 bits per heavy atom. The Hall–Kier alpha value is -1.70. The van der Waals surface area contributed by atoms with E-state index in [9.17, 15) is 8.42 Å². The molecule has 6 nitrogen and oxygen atoms in total. The summed E-state index contributed by atoms with van der Waals surface area (Å²) in [6.07, 6.45) is 6.91. The second-order valence-electron chi connectivity index (χ2n) is 6.21. The van der Waals surface area contributed by atoms with E-state index in [-0.39, 0.29) is 4.90 Å². The fraction of sp³-hybridized carbons (Fsp3) is 0.412. The highest BCUT2D eigenvalue weighted by molar-refractivity contribution is 7.89. The van der Waals surface area contributed by atoms with Crippen LogP contribution in [0.2, 0.25) is 5.02 Å². The van der Waals surface area contributed by atoms with Crippen molar-refractivity contribution < 1.29 is 8.42 Å². The number of hydrogen-bond donors (Lipinski definition) is 1. The Labute approximate surface area is 153 Å². The van der Waals surface area contributed by atoms with Crippen molar-refractivity contribution in [1.82, 2.24) is 14.7 Å². The number of nitrogens with zero attached hydrogens (tertiary/aromatic N) is 3. The van der Waals surface area contributed by atoms with Crippen LogP contribution in [0.1, 0.15) is 18.4 Å². The molecule has 1 N–H and O–H groups in total. The Kier molecular flexibility index (Phi) is 5.56. The van der Waals surface area contributed by atoms with Crippen LogP contribution < -0.4 is 9.62 Å². The summed E-state index contributed by atoms with van der Waals surface area (Å²) in [4.78, 5) is 10.8. The van der Waals surface area contributed by atoms with Gasteiger partial charge in [-0.15, -0.1) is 0 Å². The molecule has 0 spiro atoms. The topological polar surface area (TPSA) is 75.2 Å². The first-order chi connectivity index (χ1) is 12.0. The van der Waals surface area contributed by atoms with Crippen molar-refractivity contribution in [3.8, 4) is 0 Å². The molecule has 1 fully saturated rings. The lowest BCUT2D eigenvalue weighted by atomic mass is 9.97. The number of aromatic nitrogens is 2. The zero-order valence-electron chi connectivity index (χ0n) is 14.0. The molecule has 0 radical (unpaired) electrons. The molecule has 1 aromatic carbocycles. The fourth-order valence-electron chi connectivity index (χ4n) is 3.00. The number of halogens is 1. The number of benzene rings is 1. The third-order valence-electron chi connectivity index (χ3n) is 4.56. The number of anilines is 1.